The molecule has 2 heterocycles. The van der Waals surface area contributed by atoms with Crippen molar-refractivity contribution in [3.05, 3.63) is 58.5 Å². The fourth-order valence-electron chi connectivity index (χ4n) is 2.20. The summed E-state index contributed by atoms with van der Waals surface area (Å²) in [6, 6.07) is 5.70. The summed E-state index contributed by atoms with van der Waals surface area (Å²) >= 11 is 0. The summed E-state index contributed by atoms with van der Waals surface area (Å²) in [6.45, 7) is 0.221. The third kappa shape index (κ3) is 2.59. The standard InChI is InChI=1S/C13H11FN3O4P/c14-10-6-17(12-11(10)13(18)16-7-15-12)5-8-1-3-9(4-2-8)22(19,20)21/h1-4,6-7H,5H2,(H,15,16,18)(H2,19,20,21). The Morgan fingerprint density at radius 2 is 1.95 bits per heavy atom. The third-order valence-electron chi connectivity index (χ3n) is 3.24. The van der Waals surface area contributed by atoms with Gasteiger partial charge in [0.15, 0.2) is 11.5 Å². The van der Waals surface area contributed by atoms with Crippen molar-refractivity contribution in [2.24, 2.45) is 0 Å². The highest BCUT2D eigenvalue weighted by Crippen LogP contribution is 2.32. The first-order valence-electron chi connectivity index (χ1n) is 6.23. The number of halogens is 1. The molecule has 3 aromatic rings. The van der Waals surface area contributed by atoms with Crippen molar-refractivity contribution in [2.75, 3.05) is 0 Å². The van der Waals surface area contributed by atoms with Gasteiger partial charge in [0, 0.05) is 12.7 Å². The minimum atomic E-state index is -4.29. The highest BCUT2D eigenvalue weighted by molar-refractivity contribution is 7.60. The zero-order chi connectivity index (χ0) is 15.9. The second-order valence-corrected chi connectivity index (χ2v) is 6.35. The van der Waals surface area contributed by atoms with Crippen molar-refractivity contribution in [3.63, 3.8) is 0 Å². The zero-order valence-electron chi connectivity index (χ0n) is 11.1. The molecule has 0 spiro atoms. The van der Waals surface area contributed by atoms with Crippen LogP contribution in [0.15, 0.2) is 41.6 Å². The maximum absolute atomic E-state index is 13.8. The average Bonchev–Trinajstić information content (AvgIpc) is 2.76. The van der Waals surface area contributed by atoms with Crippen molar-refractivity contribution in [3.8, 4) is 0 Å². The second-order valence-electron chi connectivity index (χ2n) is 4.75. The van der Waals surface area contributed by atoms with Crippen molar-refractivity contribution in [2.45, 2.75) is 6.54 Å². The third-order valence-corrected chi connectivity index (χ3v) is 4.21. The average molecular weight is 323 g/mol. The Hall–Kier alpha value is -2.28. The van der Waals surface area contributed by atoms with Crippen LogP contribution in [-0.2, 0) is 11.1 Å². The topological polar surface area (TPSA) is 108 Å². The molecule has 3 rings (SSSR count). The summed E-state index contributed by atoms with van der Waals surface area (Å²) in [4.78, 5) is 36.0. The smallest absolute Gasteiger partial charge is 0.325 e. The number of hydrogen-bond donors (Lipinski definition) is 3. The molecule has 7 nitrogen and oxygen atoms in total. The van der Waals surface area contributed by atoms with Gasteiger partial charge in [0.05, 0.1) is 11.6 Å². The summed E-state index contributed by atoms with van der Waals surface area (Å²) in [5.41, 5.74) is 0.342. The highest BCUT2D eigenvalue weighted by atomic mass is 31.2. The maximum Gasteiger partial charge on any atom is 0.356 e. The van der Waals surface area contributed by atoms with Crippen LogP contribution >= 0.6 is 7.60 Å². The number of H-pyrrole nitrogens is 1. The van der Waals surface area contributed by atoms with Crippen LogP contribution in [0, 0.1) is 5.82 Å². The summed E-state index contributed by atoms with van der Waals surface area (Å²) in [6.07, 6.45) is 2.36. The number of aromatic nitrogens is 3. The highest BCUT2D eigenvalue weighted by Gasteiger charge is 2.17. The lowest BCUT2D eigenvalue weighted by atomic mass is 10.2. The van der Waals surface area contributed by atoms with Crippen LogP contribution in [-0.4, -0.2) is 24.3 Å². The fourth-order valence-corrected chi connectivity index (χ4v) is 2.74. The van der Waals surface area contributed by atoms with Crippen LogP contribution in [0.1, 0.15) is 5.56 Å². The monoisotopic (exact) mass is 323 g/mol. The predicted molar refractivity (Wildman–Crippen MR) is 77.5 cm³/mol. The first-order chi connectivity index (χ1) is 10.4. The quantitative estimate of drug-likeness (QED) is 0.615. The Balaban J connectivity index is 1.99. The first kappa shape index (κ1) is 14.6. The van der Waals surface area contributed by atoms with Crippen molar-refractivity contribution < 1.29 is 18.7 Å². The van der Waals surface area contributed by atoms with Crippen molar-refractivity contribution >= 4 is 23.9 Å². The van der Waals surface area contributed by atoms with Gasteiger partial charge in [0.25, 0.3) is 5.56 Å². The van der Waals surface area contributed by atoms with Crippen molar-refractivity contribution in [1.82, 2.24) is 14.5 Å². The van der Waals surface area contributed by atoms with Crippen molar-refractivity contribution in [1.29, 1.82) is 0 Å². The SMILES string of the molecule is O=c1[nH]cnc2c1c(F)cn2Cc1ccc(P(=O)(O)O)cc1. The Morgan fingerprint density at radius 3 is 2.59 bits per heavy atom. The van der Waals surface area contributed by atoms with E-state index in [1.165, 1.54) is 41.4 Å². The second kappa shape index (κ2) is 5.17. The van der Waals surface area contributed by atoms with Crippen LogP contribution in [0.4, 0.5) is 4.39 Å². The molecule has 2 aromatic heterocycles. The summed E-state index contributed by atoms with van der Waals surface area (Å²) in [7, 11) is -4.29. The van der Waals surface area contributed by atoms with Gasteiger partial charge in [-0.1, -0.05) is 12.1 Å². The molecular formula is C13H11FN3O4P. The number of aromatic amines is 1. The van der Waals surface area contributed by atoms with E-state index >= 15 is 0 Å². The van der Waals surface area contributed by atoms with E-state index in [0.717, 1.165) is 0 Å². The van der Waals surface area contributed by atoms with E-state index in [1.807, 2.05) is 0 Å². The summed E-state index contributed by atoms with van der Waals surface area (Å²) in [5, 5.41) is -0.205. The van der Waals surface area contributed by atoms with Gasteiger partial charge in [-0.15, -0.1) is 0 Å². The molecule has 3 N–H and O–H groups in total. The molecule has 0 amide bonds. The number of nitrogens with one attached hydrogen (secondary N) is 1. The molecule has 0 saturated heterocycles. The molecule has 1 aromatic carbocycles. The number of nitrogens with zero attached hydrogens (tertiary/aromatic N) is 2. The van der Waals surface area contributed by atoms with Gasteiger partial charge in [-0.05, 0) is 17.7 Å². The lowest BCUT2D eigenvalue weighted by Gasteiger charge is -2.07. The molecule has 0 saturated carbocycles. The molecule has 0 bridgehead atoms. The van der Waals surface area contributed by atoms with Gasteiger partial charge in [-0.3, -0.25) is 9.36 Å². The van der Waals surface area contributed by atoms with Crippen LogP contribution in [0.3, 0.4) is 0 Å². The van der Waals surface area contributed by atoms with Crippen LogP contribution in [0.25, 0.3) is 11.0 Å². The van der Waals surface area contributed by atoms with E-state index in [0.29, 0.717) is 5.56 Å². The lowest BCUT2D eigenvalue weighted by molar-refractivity contribution is 0.387. The van der Waals surface area contributed by atoms with E-state index in [1.54, 1.807) is 0 Å². The van der Waals surface area contributed by atoms with Gasteiger partial charge in [-0.2, -0.15) is 0 Å². The molecule has 9 heteroatoms. The number of rotatable bonds is 3. The molecule has 22 heavy (non-hydrogen) atoms. The van der Waals surface area contributed by atoms with Crippen LogP contribution in [0.2, 0.25) is 0 Å². The molecule has 0 aliphatic carbocycles. The van der Waals surface area contributed by atoms with Gasteiger partial charge >= 0.3 is 7.60 Å². The molecule has 0 aliphatic heterocycles. The van der Waals surface area contributed by atoms with E-state index < -0.39 is 19.0 Å². The van der Waals surface area contributed by atoms with Gasteiger partial charge in [-0.25, -0.2) is 9.37 Å². The van der Waals surface area contributed by atoms with Gasteiger partial charge in [0.1, 0.15) is 5.39 Å². The van der Waals surface area contributed by atoms with Crippen LogP contribution in [0.5, 0.6) is 0 Å². The zero-order valence-corrected chi connectivity index (χ0v) is 12.0. The number of fused-ring (bicyclic) bond motifs is 1. The lowest BCUT2D eigenvalue weighted by Crippen LogP contribution is -2.08. The predicted octanol–water partition coefficient (Wildman–Crippen LogP) is 0.715. The normalized spacial score (nSPS) is 12.0. The molecule has 0 radical (unpaired) electrons. The first-order valence-corrected chi connectivity index (χ1v) is 7.84. The molecule has 0 unspecified atom stereocenters. The number of hydrogen-bond acceptors (Lipinski definition) is 3. The molecular weight excluding hydrogens is 312 g/mol. The Bertz CT molecular complexity index is 942. The van der Waals surface area contributed by atoms with E-state index in [4.69, 9.17) is 9.79 Å². The van der Waals surface area contributed by atoms with Crippen LogP contribution < -0.4 is 10.9 Å². The minimum Gasteiger partial charge on any atom is -0.325 e. The van der Waals surface area contributed by atoms with E-state index in [9.17, 15) is 13.8 Å². The summed E-state index contributed by atoms with van der Waals surface area (Å²) < 4.78 is 26.4. The Labute approximate surface area is 123 Å². The molecule has 114 valence electrons. The minimum absolute atomic E-state index is 0.0886. The maximum atomic E-state index is 13.8. The molecule has 0 aliphatic rings. The van der Waals surface area contributed by atoms with Gasteiger partial charge in [0.2, 0.25) is 0 Å². The fraction of sp³-hybridized carbons (Fsp3) is 0.0769. The largest absolute Gasteiger partial charge is 0.356 e. The van der Waals surface area contributed by atoms with Gasteiger partial charge < -0.3 is 19.3 Å². The molecule has 0 atom stereocenters. The summed E-state index contributed by atoms with van der Waals surface area (Å²) in [5.74, 6) is -0.670. The van der Waals surface area contributed by atoms with E-state index in [2.05, 4.69) is 9.97 Å². The van der Waals surface area contributed by atoms with E-state index in [-0.39, 0.29) is 22.9 Å². The number of benzene rings is 1. The molecule has 0 fully saturated rings. The Morgan fingerprint density at radius 1 is 1.27 bits per heavy atom. The Kier molecular flexibility index (Phi) is 3.44.